The largest absolute Gasteiger partial charge is 1.00 e. The summed E-state index contributed by atoms with van der Waals surface area (Å²) in [5.41, 5.74) is 1.94. The van der Waals surface area contributed by atoms with E-state index in [1.54, 1.807) is 42.4 Å². The van der Waals surface area contributed by atoms with Gasteiger partial charge in [-0.1, -0.05) is 17.2 Å². The SMILES string of the molecule is Cc1cc(CN2C=N[NH+](C[C@](O)(c3ccc(F)cc3F)[C@@H](C)N3CCN(c4ccc(-n5cnnn5)cc4)C3=O)C2)cc(C)c1OC(=O)[C@@H]1CCCN1.[Cl-]. The highest BCUT2D eigenvalue weighted by Gasteiger charge is 2.49. The van der Waals surface area contributed by atoms with Crippen LogP contribution >= 0.6 is 0 Å². The summed E-state index contributed by atoms with van der Waals surface area (Å²) >= 11 is 0. The van der Waals surface area contributed by atoms with E-state index in [1.165, 1.54) is 22.0 Å². The first-order valence-electron chi connectivity index (χ1n) is 17.3. The first-order chi connectivity index (χ1) is 25.0. The van der Waals surface area contributed by atoms with E-state index >= 15 is 4.39 Å². The van der Waals surface area contributed by atoms with Crippen LogP contribution in [0.4, 0.5) is 19.3 Å². The lowest BCUT2D eigenvalue weighted by atomic mass is 9.85. The Morgan fingerprint density at radius 1 is 1.09 bits per heavy atom. The Labute approximate surface area is 311 Å². The van der Waals surface area contributed by atoms with Crippen molar-refractivity contribution in [1.29, 1.82) is 0 Å². The molecule has 280 valence electrons. The Morgan fingerprint density at radius 2 is 1.83 bits per heavy atom. The maximum absolute atomic E-state index is 15.5. The number of tetrazole rings is 1. The summed E-state index contributed by atoms with van der Waals surface area (Å²) in [5.74, 6) is -1.41. The van der Waals surface area contributed by atoms with E-state index < -0.39 is 23.3 Å². The molecule has 3 N–H and O–H groups in total. The summed E-state index contributed by atoms with van der Waals surface area (Å²) in [5, 5.41) is 31.9. The monoisotopic (exact) mass is 750 g/mol. The summed E-state index contributed by atoms with van der Waals surface area (Å²) in [7, 11) is 0. The summed E-state index contributed by atoms with van der Waals surface area (Å²) in [6.07, 6.45) is 4.84. The van der Waals surface area contributed by atoms with Crippen LogP contribution in [0, 0.1) is 25.5 Å². The van der Waals surface area contributed by atoms with Crippen molar-refractivity contribution in [2.45, 2.75) is 57.8 Å². The summed E-state index contributed by atoms with van der Waals surface area (Å²) in [6, 6.07) is 12.6. The fourth-order valence-electron chi connectivity index (χ4n) is 7.36. The molecule has 1 unspecified atom stereocenters. The molecule has 0 spiro atoms. The molecule has 3 aliphatic heterocycles. The van der Waals surface area contributed by atoms with E-state index in [-0.39, 0.29) is 49.1 Å². The van der Waals surface area contributed by atoms with Crippen LogP contribution in [-0.2, 0) is 16.9 Å². The van der Waals surface area contributed by atoms with E-state index in [0.29, 0.717) is 36.2 Å². The van der Waals surface area contributed by atoms with Crippen molar-refractivity contribution in [1.82, 2.24) is 35.3 Å². The normalized spacial score (nSPS) is 20.1. The number of carbonyl (C=O) groups excluding carboxylic acids is 2. The van der Waals surface area contributed by atoms with Gasteiger partial charge in [0, 0.05) is 37.0 Å². The number of nitrogens with zero attached hydrogens (tertiary/aromatic N) is 8. The lowest BCUT2D eigenvalue weighted by Gasteiger charge is -2.39. The van der Waals surface area contributed by atoms with Gasteiger partial charge in [0.1, 0.15) is 36.3 Å². The van der Waals surface area contributed by atoms with Gasteiger partial charge in [0.2, 0.25) is 0 Å². The van der Waals surface area contributed by atoms with Crippen LogP contribution in [0.15, 0.2) is 66.0 Å². The maximum atomic E-state index is 15.5. The molecule has 0 bridgehead atoms. The summed E-state index contributed by atoms with van der Waals surface area (Å²) in [4.78, 5) is 31.6. The molecule has 0 saturated carbocycles. The van der Waals surface area contributed by atoms with Crippen molar-refractivity contribution in [2.75, 3.05) is 37.7 Å². The second-order valence-corrected chi connectivity index (χ2v) is 13.6. The fourth-order valence-corrected chi connectivity index (χ4v) is 7.36. The predicted molar refractivity (Wildman–Crippen MR) is 186 cm³/mol. The van der Waals surface area contributed by atoms with E-state index in [2.05, 4.69) is 25.9 Å². The van der Waals surface area contributed by atoms with Gasteiger partial charge in [-0.15, -0.1) is 5.10 Å². The number of nitrogens with one attached hydrogen (secondary N) is 2. The minimum atomic E-state index is -1.94. The Kier molecular flexibility index (Phi) is 11.0. The zero-order valence-electron chi connectivity index (χ0n) is 29.5. The molecule has 14 nitrogen and oxygen atoms in total. The average Bonchev–Trinajstić information content (AvgIpc) is 3.95. The second-order valence-electron chi connectivity index (χ2n) is 13.6. The highest BCUT2D eigenvalue weighted by Crippen LogP contribution is 2.33. The number of urea groups is 1. The summed E-state index contributed by atoms with van der Waals surface area (Å²) in [6.45, 7) is 7.62. The number of amides is 2. The van der Waals surface area contributed by atoms with E-state index in [9.17, 15) is 19.1 Å². The Hall–Kier alpha value is -5.03. The highest BCUT2D eigenvalue weighted by atomic mass is 35.5. The summed E-state index contributed by atoms with van der Waals surface area (Å²) < 4.78 is 36.8. The molecule has 53 heavy (non-hydrogen) atoms. The van der Waals surface area contributed by atoms with E-state index in [0.717, 1.165) is 53.9 Å². The number of aliphatic hydroxyl groups is 1. The molecule has 7 rings (SSSR count). The molecule has 2 saturated heterocycles. The van der Waals surface area contributed by atoms with Crippen LogP contribution in [0.25, 0.3) is 5.69 Å². The number of anilines is 1. The maximum Gasteiger partial charge on any atom is 0.328 e. The lowest BCUT2D eigenvalue weighted by molar-refractivity contribution is -0.915. The highest BCUT2D eigenvalue weighted by molar-refractivity contribution is 5.94. The standard InChI is InChI=1S/C36H40F2N10O4.ClH/c1-23-15-26(16-24(2)33(23)52-34(49)32-5-4-12-39-32)18-44-21-41-45(22-44)19-36(51,30-11-6-27(37)17-31(30)38)25(3)46-13-14-47(35(46)50)28-7-9-29(10-8-28)48-20-40-42-43-48;/h6-11,15-17,20-21,25,32,39,51H,4-5,12-14,18-19,22H2,1-3H3;1H/t25-,32+,36-;/m1./s1. The number of hydrogen-bond acceptors (Lipinski definition) is 10. The Bertz CT molecular complexity index is 1960. The minimum absolute atomic E-state index is 0. The van der Waals surface area contributed by atoms with Crippen LogP contribution in [0.2, 0.25) is 0 Å². The van der Waals surface area contributed by atoms with Crippen molar-refractivity contribution < 1.29 is 45.6 Å². The topological polar surface area (TPSA) is 146 Å². The number of aromatic nitrogens is 4. The third-order valence-corrected chi connectivity index (χ3v) is 10.1. The number of benzene rings is 3. The van der Waals surface area contributed by atoms with Gasteiger partial charge in [0.25, 0.3) is 0 Å². The lowest BCUT2D eigenvalue weighted by Crippen LogP contribution is -3.09. The van der Waals surface area contributed by atoms with Crippen LogP contribution in [-0.4, -0.2) is 98.4 Å². The smallest absolute Gasteiger partial charge is 0.328 e. The zero-order chi connectivity index (χ0) is 36.6. The molecule has 4 heterocycles. The molecule has 2 fully saturated rings. The number of halogens is 3. The van der Waals surface area contributed by atoms with Gasteiger partial charge in [0.05, 0.1) is 11.7 Å². The van der Waals surface area contributed by atoms with Crippen molar-refractivity contribution in [3.8, 4) is 11.4 Å². The molecular weight excluding hydrogens is 710 g/mol. The Morgan fingerprint density at radius 3 is 2.49 bits per heavy atom. The molecule has 4 aromatic rings. The van der Waals surface area contributed by atoms with Crippen molar-refractivity contribution >= 4 is 24.0 Å². The molecule has 17 heteroatoms. The molecule has 0 radical (unpaired) electrons. The van der Waals surface area contributed by atoms with Crippen LogP contribution in [0.3, 0.4) is 0 Å². The predicted octanol–water partition coefficient (Wildman–Crippen LogP) is -0.961. The van der Waals surface area contributed by atoms with Crippen molar-refractivity contribution in [3.05, 3.63) is 94.8 Å². The third kappa shape index (κ3) is 7.71. The molecule has 1 aromatic heterocycles. The average molecular weight is 751 g/mol. The zero-order valence-corrected chi connectivity index (χ0v) is 30.3. The third-order valence-electron chi connectivity index (χ3n) is 10.1. The molecular formula is C36H41ClF2N10O4. The number of carbonyl (C=O) groups is 2. The molecule has 3 aliphatic rings. The number of hydrogen-bond donors (Lipinski definition) is 3. The number of quaternary nitrogens is 1. The Balaban J connectivity index is 0.00000481. The number of ether oxygens (including phenoxy) is 1. The van der Waals surface area contributed by atoms with E-state index in [4.69, 9.17) is 4.74 Å². The van der Waals surface area contributed by atoms with E-state index in [1.807, 2.05) is 30.9 Å². The first-order valence-corrected chi connectivity index (χ1v) is 17.3. The van der Waals surface area contributed by atoms with Crippen LogP contribution < -0.4 is 32.4 Å². The molecule has 0 aliphatic carbocycles. The number of rotatable bonds is 11. The van der Waals surface area contributed by atoms with Crippen molar-refractivity contribution in [3.63, 3.8) is 0 Å². The van der Waals surface area contributed by atoms with Gasteiger partial charge in [-0.2, -0.15) is 5.01 Å². The second kappa shape index (κ2) is 15.5. The number of aryl methyl sites for hydroxylation is 2. The quantitative estimate of drug-likeness (QED) is 0.130. The van der Waals surface area contributed by atoms with Crippen LogP contribution in [0.5, 0.6) is 5.75 Å². The molecule has 4 atom stereocenters. The number of esters is 1. The first kappa shape index (κ1) is 37.7. The van der Waals surface area contributed by atoms with Gasteiger partial charge in [-0.25, -0.2) is 23.1 Å². The molecule has 3 aromatic carbocycles. The van der Waals surface area contributed by atoms with Crippen LogP contribution in [0.1, 0.15) is 42.0 Å². The van der Waals surface area contributed by atoms with Gasteiger partial charge in [-0.05, 0) is 104 Å². The van der Waals surface area contributed by atoms with Gasteiger partial charge in [-0.3, -0.25) is 4.90 Å². The van der Waals surface area contributed by atoms with Gasteiger partial charge >= 0.3 is 12.0 Å². The fraction of sp³-hybridized carbons (Fsp3) is 0.389. The van der Waals surface area contributed by atoms with Gasteiger partial charge in [0.15, 0.2) is 18.6 Å². The minimum Gasteiger partial charge on any atom is -1.00 e. The van der Waals surface area contributed by atoms with Gasteiger partial charge < -0.3 is 37.4 Å². The molecule has 2 amide bonds. The van der Waals surface area contributed by atoms with Crippen molar-refractivity contribution in [2.24, 2.45) is 5.10 Å².